The van der Waals surface area contributed by atoms with Gasteiger partial charge in [0, 0.05) is 25.8 Å². The number of unbranched alkanes of at least 4 members (excludes halogenated alkanes) is 1. The second-order valence-electron chi connectivity index (χ2n) is 8.30. The third-order valence-corrected chi connectivity index (χ3v) is 5.97. The van der Waals surface area contributed by atoms with Crippen molar-refractivity contribution in [2.45, 2.75) is 32.2 Å². The minimum absolute atomic E-state index is 0.00786. The van der Waals surface area contributed by atoms with Crippen LogP contribution in [0.5, 0.6) is 17.2 Å². The minimum atomic E-state index is -0.911. The van der Waals surface area contributed by atoms with Crippen LogP contribution < -0.4 is 14.2 Å². The van der Waals surface area contributed by atoms with Crippen LogP contribution in [0.25, 0.3) is 5.76 Å². The molecule has 0 spiro atoms. The van der Waals surface area contributed by atoms with Gasteiger partial charge in [-0.2, -0.15) is 0 Å². The maximum absolute atomic E-state index is 14.4. The molecule has 2 aromatic carbocycles. The monoisotopic (exact) mass is 501 g/mol. The fourth-order valence-corrected chi connectivity index (χ4v) is 4.11. The number of carbonyl (C=O) groups excluding carboxylic acids is 2. The SMILES string of the molecule is CCCCOc1ccc([C@H]2C(=C(O)c3ccc(OC)c(F)c3)C(=O)C(=O)N2CCCOC)cc1OC. The zero-order valence-corrected chi connectivity index (χ0v) is 21.0. The Morgan fingerprint density at radius 2 is 1.69 bits per heavy atom. The fourth-order valence-electron chi connectivity index (χ4n) is 4.11. The first-order valence-corrected chi connectivity index (χ1v) is 11.8. The Balaban J connectivity index is 2.11. The molecule has 1 saturated heterocycles. The third-order valence-electron chi connectivity index (χ3n) is 5.97. The number of ketones is 1. The minimum Gasteiger partial charge on any atom is -0.507 e. The summed E-state index contributed by atoms with van der Waals surface area (Å²) in [5, 5.41) is 11.1. The van der Waals surface area contributed by atoms with Gasteiger partial charge in [-0.05, 0) is 48.7 Å². The number of halogens is 1. The van der Waals surface area contributed by atoms with E-state index in [4.69, 9.17) is 18.9 Å². The molecule has 1 fully saturated rings. The normalized spacial score (nSPS) is 16.9. The summed E-state index contributed by atoms with van der Waals surface area (Å²) in [6.07, 6.45) is 2.33. The average Bonchev–Trinajstić information content (AvgIpc) is 3.13. The predicted molar refractivity (Wildman–Crippen MR) is 132 cm³/mol. The zero-order valence-electron chi connectivity index (χ0n) is 21.0. The topological polar surface area (TPSA) is 94.5 Å². The van der Waals surface area contributed by atoms with Crippen molar-refractivity contribution < 1.29 is 38.0 Å². The molecule has 1 heterocycles. The fraction of sp³-hybridized carbons (Fsp3) is 0.407. The summed E-state index contributed by atoms with van der Waals surface area (Å²) in [7, 11) is 4.37. The maximum Gasteiger partial charge on any atom is 0.295 e. The van der Waals surface area contributed by atoms with E-state index < -0.39 is 29.3 Å². The van der Waals surface area contributed by atoms with Crippen LogP contribution in [0.3, 0.4) is 0 Å². The van der Waals surface area contributed by atoms with E-state index in [0.29, 0.717) is 36.7 Å². The van der Waals surface area contributed by atoms with Gasteiger partial charge >= 0.3 is 0 Å². The number of amides is 1. The number of aliphatic hydroxyl groups excluding tert-OH is 1. The molecule has 9 heteroatoms. The molecule has 0 radical (unpaired) electrons. The Labute approximate surface area is 210 Å². The summed E-state index contributed by atoms with van der Waals surface area (Å²) in [4.78, 5) is 27.6. The molecule has 0 bridgehead atoms. The van der Waals surface area contributed by atoms with E-state index in [0.717, 1.165) is 18.9 Å². The molecular weight excluding hydrogens is 469 g/mol. The first kappa shape index (κ1) is 27.0. The van der Waals surface area contributed by atoms with Crippen LogP contribution in [-0.2, 0) is 14.3 Å². The standard InChI is InChI=1S/C27H32FNO7/c1-5-6-14-36-21-11-8-17(16-22(21)35-4)24-23(26(31)27(32)29(24)12-7-13-33-2)25(30)18-9-10-20(34-3)19(28)15-18/h8-11,15-16,24,30H,5-7,12-14H2,1-4H3/t24-/m0/s1. The summed E-state index contributed by atoms with van der Waals surface area (Å²) >= 11 is 0. The number of nitrogens with zero attached hydrogens (tertiary/aromatic N) is 1. The molecule has 1 atom stereocenters. The lowest BCUT2D eigenvalue weighted by atomic mass is 9.94. The highest BCUT2D eigenvalue weighted by Gasteiger charge is 2.46. The second kappa shape index (κ2) is 12.4. The summed E-state index contributed by atoms with van der Waals surface area (Å²) in [5.41, 5.74) is 0.463. The molecule has 3 rings (SSSR count). The molecule has 1 N–H and O–H groups in total. The molecule has 194 valence electrons. The molecule has 0 aliphatic carbocycles. The van der Waals surface area contributed by atoms with E-state index in [1.807, 2.05) is 0 Å². The number of carbonyl (C=O) groups is 2. The summed E-state index contributed by atoms with van der Waals surface area (Å²) in [6.45, 7) is 3.18. The average molecular weight is 502 g/mol. The van der Waals surface area contributed by atoms with Crippen LogP contribution in [0.1, 0.15) is 43.4 Å². The van der Waals surface area contributed by atoms with Crippen molar-refractivity contribution in [2.24, 2.45) is 0 Å². The van der Waals surface area contributed by atoms with Gasteiger partial charge in [0.25, 0.3) is 11.7 Å². The summed E-state index contributed by atoms with van der Waals surface area (Å²) in [6, 6.07) is 8.05. The van der Waals surface area contributed by atoms with Crippen LogP contribution in [0.15, 0.2) is 42.0 Å². The van der Waals surface area contributed by atoms with Crippen molar-refractivity contribution in [1.29, 1.82) is 0 Å². The van der Waals surface area contributed by atoms with Crippen molar-refractivity contribution in [3.63, 3.8) is 0 Å². The molecule has 0 aromatic heterocycles. The van der Waals surface area contributed by atoms with Crippen molar-refractivity contribution >= 4 is 17.4 Å². The number of likely N-dealkylation sites (tertiary alicyclic amines) is 1. The zero-order chi connectivity index (χ0) is 26.2. The van der Waals surface area contributed by atoms with Gasteiger partial charge in [0.2, 0.25) is 0 Å². The molecule has 0 unspecified atom stereocenters. The largest absolute Gasteiger partial charge is 0.507 e. The van der Waals surface area contributed by atoms with Gasteiger partial charge in [-0.1, -0.05) is 19.4 Å². The number of hydrogen-bond donors (Lipinski definition) is 1. The van der Waals surface area contributed by atoms with E-state index in [9.17, 15) is 19.1 Å². The van der Waals surface area contributed by atoms with E-state index in [1.54, 1.807) is 25.3 Å². The predicted octanol–water partition coefficient (Wildman–Crippen LogP) is 4.48. The van der Waals surface area contributed by atoms with Crippen molar-refractivity contribution in [1.82, 2.24) is 4.90 Å². The third kappa shape index (κ3) is 5.62. The van der Waals surface area contributed by atoms with Gasteiger partial charge in [-0.25, -0.2) is 4.39 Å². The Morgan fingerprint density at radius 1 is 0.972 bits per heavy atom. The van der Waals surface area contributed by atoms with Crippen LogP contribution in [0, 0.1) is 5.82 Å². The van der Waals surface area contributed by atoms with Gasteiger partial charge in [-0.3, -0.25) is 9.59 Å². The van der Waals surface area contributed by atoms with E-state index in [-0.39, 0.29) is 23.4 Å². The molecule has 0 saturated carbocycles. The lowest BCUT2D eigenvalue weighted by Crippen LogP contribution is -2.31. The van der Waals surface area contributed by atoms with Gasteiger partial charge < -0.3 is 29.0 Å². The number of hydrogen-bond acceptors (Lipinski definition) is 7. The van der Waals surface area contributed by atoms with Gasteiger partial charge in [-0.15, -0.1) is 0 Å². The molecule has 8 nitrogen and oxygen atoms in total. The number of ether oxygens (including phenoxy) is 4. The number of methoxy groups -OCH3 is 3. The van der Waals surface area contributed by atoms with Gasteiger partial charge in [0.05, 0.1) is 32.4 Å². The van der Waals surface area contributed by atoms with Crippen molar-refractivity contribution in [3.05, 3.63) is 58.9 Å². The van der Waals surface area contributed by atoms with Crippen LogP contribution in [-0.4, -0.2) is 62.8 Å². The highest BCUT2D eigenvalue weighted by atomic mass is 19.1. The lowest BCUT2D eigenvalue weighted by Gasteiger charge is -2.26. The van der Waals surface area contributed by atoms with Crippen LogP contribution >= 0.6 is 0 Å². The highest BCUT2D eigenvalue weighted by molar-refractivity contribution is 6.46. The molecule has 1 amide bonds. The Bertz CT molecular complexity index is 1130. The number of benzene rings is 2. The van der Waals surface area contributed by atoms with E-state index in [2.05, 4.69) is 6.92 Å². The molecule has 1 aliphatic rings. The first-order chi connectivity index (χ1) is 17.4. The number of rotatable bonds is 12. The highest BCUT2D eigenvalue weighted by Crippen LogP contribution is 2.42. The maximum atomic E-state index is 14.4. The van der Waals surface area contributed by atoms with Crippen molar-refractivity contribution in [2.75, 3.05) is 41.1 Å². The molecule has 1 aliphatic heterocycles. The molecular formula is C27H32FNO7. The second-order valence-corrected chi connectivity index (χ2v) is 8.30. The quantitative estimate of drug-likeness (QED) is 0.198. The smallest absolute Gasteiger partial charge is 0.295 e. The molecule has 2 aromatic rings. The Kier molecular flexibility index (Phi) is 9.30. The first-order valence-electron chi connectivity index (χ1n) is 11.8. The summed E-state index contributed by atoms with van der Waals surface area (Å²) in [5.74, 6) is -1.84. The lowest BCUT2D eigenvalue weighted by molar-refractivity contribution is -0.140. The van der Waals surface area contributed by atoms with Gasteiger partial charge in [0.15, 0.2) is 23.1 Å². The number of Topliss-reactive ketones (excluding diaryl/α,β-unsaturated/α-hetero) is 1. The molecule has 36 heavy (non-hydrogen) atoms. The Morgan fingerprint density at radius 3 is 2.33 bits per heavy atom. The van der Waals surface area contributed by atoms with Crippen LogP contribution in [0.2, 0.25) is 0 Å². The van der Waals surface area contributed by atoms with E-state index >= 15 is 0 Å². The summed E-state index contributed by atoms with van der Waals surface area (Å²) < 4.78 is 35.7. The van der Waals surface area contributed by atoms with Crippen molar-refractivity contribution in [3.8, 4) is 17.2 Å². The Hall–Kier alpha value is -3.59. The number of aliphatic hydroxyl groups is 1. The van der Waals surface area contributed by atoms with Gasteiger partial charge in [0.1, 0.15) is 5.76 Å². The van der Waals surface area contributed by atoms with Crippen LogP contribution in [0.4, 0.5) is 4.39 Å². The van der Waals surface area contributed by atoms with E-state index in [1.165, 1.54) is 31.3 Å².